The topological polar surface area (TPSA) is 63.6 Å². The lowest BCUT2D eigenvalue weighted by molar-refractivity contribution is -0.140. The van der Waals surface area contributed by atoms with Crippen molar-refractivity contribution in [1.29, 1.82) is 0 Å². The van der Waals surface area contributed by atoms with Crippen molar-refractivity contribution in [1.82, 2.24) is 0 Å². The normalized spacial score (nSPS) is 17.4. The second-order valence-electron chi connectivity index (χ2n) is 5.26. The van der Waals surface area contributed by atoms with Crippen LogP contribution in [0.4, 0.5) is 0 Å². The number of aliphatic carboxylic acids is 1. The molecule has 0 saturated heterocycles. The minimum Gasteiger partial charge on any atom is -0.481 e. The average molecular weight is 276 g/mol. The number of hydrogen-bond acceptors (Lipinski definition) is 3. The fraction of sp³-hybridized carbons (Fsp3) is 0.500. The fourth-order valence-electron chi connectivity index (χ4n) is 3.01. The van der Waals surface area contributed by atoms with Gasteiger partial charge in [-0.1, -0.05) is 18.2 Å². The molecule has 1 N–H and O–H groups in total. The summed E-state index contributed by atoms with van der Waals surface area (Å²) in [4.78, 5) is 22.2. The highest BCUT2D eigenvalue weighted by molar-refractivity contribution is 5.73. The second-order valence-corrected chi connectivity index (χ2v) is 5.26. The molecular formula is C16H20O4. The van der Waals surface area contributed by atoms with Gasteiger partial charge < -0.3 is 9.84 Å². The van der Waals surface area contributed by atoms with Crippen molar-refractivity contribution >= 4 is 11.9 Å². The first-order valence-electron chi connectivity index (χ1n) is 7.01. The molecule has 1 atom stereocenters. The maximum Gasteiger partial charge on any atom is 0.309 e. The summed E-state index contributed by atoms with van der Waals surface area (Å²) in [5.74, 6) is -0.679. The molecule has 0 spiro atoms. The van der Waals surface area contributed by atoms with E-state index in [4.69, 9.17) is 9.84 Å². The summed E-state index contributed by atoms with van der Waals surface area (Å²) in [5, 5.41) is 8.84. The van der Waals surface area contributed by atoms with Gasteiger partial charge >= 0.3 is 11.9 Å². The zero-order valence-corrected chi connectivity index (χ0v) is 11.7. The molecule has 0 radical (unpaired) electrons. The Kier molecular flexibility index (Phi) is 4.77. The molecule has 1 aliphatic carbocycles. The third-order valence-electron chi connectivity index (χ3n) is 4.00. The first kappa shape index (κ1) is 14.6. The maximum absolute atomic E-state index is 11.5. The summed E-state index contributed by atoms with van der Waals surface area (Å²) in [6.07, 6.45) is 4.21. The number of benzene rings is 1. The molecule has 1 aliphatic rings. The molecular weight excluding hydrogens is 256 g/mol. The van der Waals surface area contributed by atoms with Gasteiger partial charge in [-0.3, -0.25) is 9.59 Å². The lowest BCUT2D eigenvalue weighted by atomic mass is 9.78. The number of esters is 1. The standard InChI is InChI=1S/C16H20O4/c1-20-16(19)10-12-5-3-6-13-11(8-9-15(17)18)4-2-7-14(12)13/h3,5-6,11H,2,4,7-10H2,1H3,(H,17,18). The number of carbonyl (C=O) groups excluding carboxylic acids is 1. The molecule has 1 aromatic rings. The number of methoxy groups -OCH3 is 1. The highest BCUT2D eigenvalue weighted by Gasteiger charge is 2.23. The van der Waals surface area contributed by atoms with E-state index < -0.39 is 5.97 Å². The molecule has 4 nitrogen and oxygen atoms in total. The van der Waals surface area contributed by atoms with Crippen molar-refractivity contribution in [2.24, 2.45) is 0 Å². The third-order valence-corrected chi connectivity index (χ3v) is 4.00. The highest BCUT2D eigenvalue weighted by atomic mass is 16.5. The first-order chi connectivity index (χ1) is 9.61. The van der Waals surface area contributed by atoms with Gasteiger partial charge in [0.1, 0.15) is 0 Å². The summed E-state index contributed by atoms with van der Waals surface area (Å²) in [6, 6.07) is 5.99. The number of carboxylic acid groups (broad SMARTS) is 1. The fourth-order valence-corrected chi connectivity index (χ4v) is 3.01. The first-order valence-corrected chi connectivity index (χ1v) is 7.01. The lowest BCUT2D eigenvalue weighted by Gasteiger charge is -2.27. The minimum atomic E-state index is -0.747. The summed E-state index contributed by atoms with van der Waals surface area (Å²) >= 11 is 0. The monoisotopic (exact) mass is 276 g/mol. The van der Waals surface area contributed by atoms with Crippen LogP contribution in [-0.2, 0) is 27.2 Å². The van der Waals surface area contributed by atoms with Crippen molar-refractivity contribution in [2.45, 2.75) is 44.4 Å². The maximum atomic E-state index is 11.5. The van der Waals surface area contributed by atoms with Crippen LogP contribution in [0.25, 0.3) is 0 Å². The van der Waals surface area contributed by atoms with E-state index in [1.165, 1.54) is 18.2 Å². The molecule has 0 amide bonds. The van der Waals surface area contributed by atoms with Crippen LogP contribution in [0.1, 0.15) is 48.3 Å². The van der Waals surface area contributed by atoms with Crippen molar-refractivity contribution in [3.63, 3.8) is 0 Å². The highest BCUT2D eigenvalue weighted by Crippen LogP contribution is 2.36. The number of carbonyl (C=O) groups is 2. The number of carboxylic acids is 1. The van der Waals surface area contributed by atoms with Crippen LogP contribution in [-0.4, -0.2) is 24.2 Å². The quantitative estimate of drug-likeness (QED) is 0.840. The minimum absolute atomic E-state index is 0.200. The molecule has 0 fully saturated rings. The molecule has 0 aliphatic heterocycles. The zero-order chi connectivity index (χ0) is 14.5. The van der Waals surface area contributed by atoms with E-state index in [1.807, 2.05) is 12.1 Å². The van der Waals surface area contributed by atoms with Crippen LogP contribution in [0.5, 0.6) is 0 Å². The van der Waals surface area contributed by atoms with Crippen molar-refractivity contribution in [2.75, 3.05) is 7.11 Å². The van der Waals surface area contributed by atoms with Gasteiger partial charge in [0.05, 0.1) is 13.5 Å². The summed E-state index contributed by atoms with van der Waals surface area (Å²) < 4.78 is 4.73. The molecule has 0 saturated carbocycles. The number of fused-ring (bicyclic) bond motifs is 1. The predicted octanol–water partition coefficient (Wildman–Crippen LogP) is 2.69. The van der Waals surface area contributed by atoms with E-state index >= 15 is 0 Å². The van der Waals surface area contributed by atoms with Crippen LogP contribution in [0.3, 0.4) is 0 Å². The molecule has 1 unspecified atom stereocenters. The summed E-state index contributed by atoms with van der Waals surface area (Å²) in [7, 11) is 1.40. The smallest absolute Gasteiger partial charge is 0.309 e. The largest absolute Gasteiger partial charge is 0.481 e. The van der Waals surface area contributed by atoms with Gasteiger partial charge in [0.2, 0.25) is 0 Å². The lowest BCUT2D eigenvalue weighted by Crippen LogP contribution is -2.15. The van der Waals surface area contributed by atoms with Crippen molar-refractivity contribution in [3.05, 3.63) is 34.9 Å². The Hall–Kier alpha value is -1.84. The van der Waals surface area contributed by atoms with Crippen LogP contribution in [0.15, 0.2) is 18.2 Å². The molecule has 0 aromatic heterocycles. The molecule has 0 bridgehead atoms. The van der Waals surface area contributed by atoms with Gasteiger partial charge in [-0.2, -0.15) is 0 Å². The van der Waals surface area contributed by atoms with Crippen molar-refractivity contribution < 1.29 is 19.4 Å². The number of hydrogen-bond donors (Lipinski definition) is 1. The van der Waals surface area contributed by atoms with E-state index in [0.717, 1.165) is 24.8 Å². The van der Waals surface area contributed by atoms with Crippen LogP contribution in [0, 0.1) is 0 Å². The summed E-state index contributed by atoms with van der Waals surface area (Å²) in [5.41, 5.74) is 3.47. The molecule has 1 aromatic carbocycles. The second kappa shape index (κ2) is 6.55. The Labute approximate surface area is 118 Å². The SMILES string of the molecule is COC(=O)Cc1cccc2c1CCCC2CCC(=O)O. The average Bonchev–Trinajstić information content (AvgIpc) is 2.45. The van der Waals surface area contributed by atoms with Gasteiger partial charge in [-0.05, 0) is 48.3 Å². The molecule has 4 heteroatoms. The van der Waals surface area contributed by atoms with Gasteiger partial charge in [0.25, 0.3) is 0 Å². The van der Waals surface area contributed by atoms with E-state index in [-0.39, 0.29) is 12.4 Å². The zero-order valence-electron chi connectivity index (χ0n) is 11.7. The van der Waals surface area contributed by atoms with Gasteiger partial charge in [0, 0.05) is 6.42 Å². The third kappa shape index (κ3) is 3.38. The van der Waals surface area contributed by atoms with Gasteiger partial charge in [-0.15, -0.1) is 0 Å². The van der Waals surface area contributed by atoms with E-state index in [1.54, 1.807) is 0 Å². The Morgan fingerprint density at radius 1 is 1.40 bits per heavy atom. The van der Waals surface area contributed by atoms with Crippen LogP contribution >= 0.6 is 0 Å². The Bertz CT molecular complexity index is 507. The Morgan fingerprint density at radius 2 is 2.20 bits per heavy atom. The van der Waals surface area contributed by atoms with Gasteiger partial charge in [-0.25, -0.2) is 0 Å². The van der Waals surface area contributed by atoms with E-state index in [0.29, 0.717) is 18.8 Å². The van der Waals surface area contributed by atoms with E-state index in [2.05, 4.69) is 6.07 Å². The van der Waals surface area contributed by atoms with E-state index in [9.17, 15) is 9.59 Å². The number of rotatable bonds is 5. The van der Waals surface area contributed by atoms with Crippen molar-refractivity contribution in [3.8, 4) is 0 Å². The Morgan fingerprint density at radius 3 is 2.90 bits per heavy atom. The number of ether oxygens (including phenoxy) is 1. The van der Waals surface area contributed by atoms with Crippen LogP contribution in [0.2, 0.25) is 0 Å². The summed E-state index contributed by atoms with van der Waals surface area (Å²) in [6.45, 7) is 0. The Balaban J connectivity index is 2.21. The van der Waals surface area contributed by atoms with Crippen LogP contribution < -0.4 is 0 Å². The predicted molar refractivity (Wildman–Crippen MR) is 74.7 cm³/mol. The molecule has 108 valence electrons. The molecule has 2 rings (SSSR count). The van der Waals surface area contributed by atoms with Gasteiger partial charge in [0.15, 0.2) is 0 Å². The molecule has 20 heavy (non-hydrogen) atoms. The molecule has 0 heterocycles.